The number of amides is 1. The zero-order chi connectivity index (χ0) is 17.2. The van der Waals surface area contributed by atoms with Gasteiger partial charge in [0, 0.05) is 44.6 Å². The van der Waals surface area contributed by atoms with Crippen molar-refractivity contribution in [3.63, 3.8) is 0 Å². The van der Waals surface area contributed by atoms with Crippen LogP contribution in [0.4, 0.5) is 5.69 Å². The average Bonchev–Trinajstić information content (AvgIpc) is 3.06. The third-order valence-electron chi connectivity index (χ3n) is 3.34. The van der Waals surface area contributed by atoms with Crippen molar-refractivity contribution < 1.29 is 4.79 Å². The van der Waals surface area contributed by atoms with Crippen LogP contribution in [0.2, 0.25) is 0 Å². The highest BCUT2D eigenvalue weighted by Crippen LogP contribution is 2.11. The topological polar surface area (TPSA) is 70.4 Å². The number of guanidine groups is 1. The first kappa shape index (κ1) is 17.6. The Bertz CT molecular complexity index is 664. The number of hydrogen-bond donors (Lipinski definition) is 3. The van der Waals surface area contributed by atoms with Gasteiger partial charge in [0.15, 0.2) is 5.96 Å². The Kier molecular flexibility index (Phi) is 6.89. The second-order valence-electron chi connectivity index (χ2n) is 5.42. The summed E-state index contributed by atoms with van der Waals surface area (Å²) in [6, 6.07) is 11.8. The lowest BCUT2D eigenvalue weighted by molar-refractivity contribution is -0.114. The molecule has 1 heterocycles. The smallest absolute Gasteiger partial charge is 0.221 e. The molecule has 3 N–H and O–H groups in total. The van der Waals surface area contributed by atoms with E-state index >= 15 is 0 Å². The maximum absolute atomic E-state index is 11.1. The van der Waals surface area contributed by atoms with E-state index in [4.69, 9.17) is 0 Å². The Hall–Kier alpha value is -2.76. The number of aromatic nitrogens is 1. The first-order chi connectivity index (χ1) is 11.7. The molecule has 128 valence electrons. The van der Waals surface area contributed by atoms with Gasteiger partial charge in [-0.1, -0.05) is 12.1 Å². The predicted octanol–water partition coefficient (Wildman–Crippen LogP) is 2.20. The summed E-state index contributed by atoms with van der Waals surface area (Å²) < 4.78 is 2.12. The van der Waals surface area contributed by atoms with Gasteiger partial charge in [0.2, 0.25) is 5.91 Å². The molecule has 2 aromatic rings. The third-order valence-corrected chi connectivity index (χ3v) is 3.34. The maximum Gasteiger partial charge on any atom is 0.221 e. The number of anilines is 1. The summed E-state index contributed by atoms with van der Waals surface area (Å²) in [5, 5.41) is 9.35. The standard InChI is InChI=1S/C18H25N5O/c1-3-19-18(20-9-12-23-10-4-5-11-23)21-14-16-7-6-8-17(13-16)22-15(2)24/h4-8,10-11,13H,3,9,12,14H2,1-2H3,(H,22,24)(H2,19,20,21). The summed E-state index contributed by atoms with van der Waals surface area (Å²) >= 11 is 0. The molecule has 0 spiro atoms. The van der Waals surface area contributed by atoms with E-state index in [0.29, 0.717) is 6.54 Å². The van der Waals surface area contributed by atoms with Crippen molar-refractivity contribution in [3.8, 4) is 0 Å². The Labute approximate surface area is 143 Å². The summed E-state index contributed by atoms with van der Waals surface area (Å²) in [5.74, 6) is 0.713. The van der Waals surface area contributed by atoms with Gasteiger partial charge in [0.1, 0.15) is 0 Å². The molecule has 0 atom stereocenters. The van der Waals surface area contributed by atoms with E-state index in [2.05, 4.69) is 25.5 Å². The van der Waals surface area contributed by atoms with E-state index in [1.165, 1.54) is 6.92 Å². The second kappa shape index (κ2) is 9.39. The Morgan fingerprint density at radius 2 is 1.96 bits per heavy atom. The zero-order valence-corrected chi connectivity index (χ0v) is 14.2. The van der Waals surface area contributed by atoms with E-state index in [0.717, 1.165) is 36.8 Å². The van der Waals surface area contributed by atoms with E-state index in [-0.39, 0.29) is 5.91 Å². The molecule has 0 saturated heterocycles. The molecule has 6 nitrogen and oxygen atoms in total. The Morgan fingerprint density at radius 3 is 2.67 bits per heavy atom. The van der Waals surface area contributed by atoms with E-state index in [9.17, 15) is 4.79 Å². The van der Waals surface area contributed by atoms with Gasteiger partial charge in [-0.25, -0.2) is 4.99 Å². The molecule has 24 heavy (non-hydrogen) atoms. The summed E-state index contributed by atoms with van der Waals surface area (Å²) in [6.45, 7) is 6.58. The minimum absolute atomic E-state index is 0.0735. The number of nitrogens with one attached hydrogen (secondary N) is 3. The van der Waals surface area contributed by atoms with Crippen molar-refractivity contribution in [2.24, 2.45) is 4.99 Å². The van der Waals surface area contributed by atoms with Crippen molar-refractivity contribution in [2.75, 3.05) is 18.4 Å². The molecule has 0 aliphatic heterocycles. The van der Waals surface area contributed by atoms with Gasteiger partial charge in [-0.15, -0.1) is 0 Å². The van der Waals surface area contributed by atoms with Gasteiger partial charge in [-0.3, -0.25) is 4.79 Å². The molecule has 0 saturated carbocycles. The highest BCUT2D eigenvalue weighted by Gasteiger charge is 2.00. The molecular weight excluding hydrogens is 302 g/mol. The van der Waals surface area contributed by atoms with Gasteiger partial charge in [0.25, 0.3) is 0 Å². The lowest BCUT2D eigenvalue weighted by atomic mass is 10.2. The number of hydrogen-bond acceptors (Lipinski definition) is 2. The fourth-order valence-electron chi connectivity index (χ4n) is 2.29. The molecule has 1 amide bonds. The fourth-order valence-corrected chi connectivity index (χ4v) is 2.29. The van der Waals surface area contributed by atoms with Crippen LogP contribution in [-0.2, 0) is 17.9 Å². The van der Waals surface area contributed by atoms with Gasteiger partial charge < -0.3 is 20.5 Å². The van der Waals surface area contributed by atoms with E-state index in [1.54, 1.807) is 0 Å². The number of aliphatic imine (C=N–C) groups is 1. The van der Waals surface area contributed by atoms with Crippen LogP contribution in [0.25, 0.3) is 0 Å². The minimum atomic E-state index is -0.0735. The molecule has 2 rings (SSSR count). The van der Waals surface area contributed by atoms with Gasteiger partial charge in [-0.2, -0.15) is 0 Å². The number of nitrogens with zero attached hydrogens (tertiary/aromatic N) is 2. The van der Waals surface area contributed by atoms with Crippen LogP contribution in [0.15, 0.2) is 53.8 Å². The number of benzene rings is 1. The van der Waals surface area contributed by atoms with Crippen molar-refractivity contribution in [3.05, 3.63) is 54.4 Å². The van der Waals surface area contributed by atoms with Crippen molar-refractivity contribution in [2.45, 2.75) is 26.9 Å². The lowest BCUT2D eigenvalue weighted by Crippen LogP contribution is -2.38. The summed E-state index contributed by atoms with van der Waals surface area (Å²) in [5.41, 5.74) is 1.84. The van der Waals surface area contributed by atoms with Gasteiger partial charge >= 0.3 is 0 Å². The van der Waals surface area contributed by atoms with Crippen molar-refractivity contribution >= 4 is 17.6 Å². The Balaban J connectivity index is 1.90. The highest BCUT2D eigenvalue weighted by molar-refractivity contribution is 5.88. The molecule has 0 unspecified atom stereocenters. The molecule has 0 fully saturated rings. The quantitative estimate of drug-likeness (QED) is 0.539. The zero-order valence-electron chi connectivity index (χ0n) is 14.2. The summed E-state index contributed by atoms with van der Waals surface area (Å²) in [7, 11) is 0. The number of rotatable bonds is 7. The van der Waals surface area contributed by atoms with Crippen LogP contribution in [0.1, 0.15) is 19.4 Å². The van der Waals surface area contributed by atoms with Crippen molar-refractivity contribution in [1.29, 1.82) is 0 Å². The minimum Gasteiger partial charge on any atom is -0.357 e. The lowest BCUT2D eigenvalue weighted by Gasteiger charge is -2.12. The molecular formula is C18H25N5O. The SMILES string of the molecule is CCNC(=NCc1cccc(NC(C)=O)c1)NCCn1cccc1. The van der Waals surface area contributed by atoms with Crippen LogP contribution < -0.4 is 16.0 Å². The maximum atomic E-state index is 11.1. The monoisotopic (exact) mass is 327 g/mol. The number of carbonyl (C=O) groups is 1. The summed E-state index contributed by atoms with van der Waals surface area (Å²) in [6.07, 6.45) is 4.08. The molecule has 1 aromatic carbocycles. The highest BCUT2D eigenvalue weighted by atomic mass is 16.1. The molecule has 0 bridgehead atoms. The summed E-state index contributed by atoms with van der Waals surface area (Å²) in [4.78, 5) is 15.7. The van der Waals surface area contributed by atoms with E-state index < -0.39 is 0 Å². The molecule has 1 aromatic heterocycles. The predicted molar refractivity (Wildman–Crippen MR) is 98.0 cm³/mol. The number of carbonyl (C=O) groups excluding carboxylic acids is 1. The normalized spacial score (nSPS) is 11.2. The fraction of sp³-hybridized carbons (Fsp3) is 0.333. The van der Waals surface area contributed by atoms with Crippen LogP contribution in [0.5, 0.6) is 0 Å². The first-order valence-corrected chi connectivity index (χ1v) is 8.17. The second-order valence-corrected chi connectivity index (χ2v) is 5.42. The van der Waals surface area contributed by atoms with Gasteiger partial charge in [-0.05, 0) is 36.8 Å². The largest absolute Gasteiger partial charge is 0.357 e. The van der Waals surface area contributed by atoms with Crippen LogP contribution in [0.3, 0.4) is 0 Å². The molecule has 0 radical (unpaired) electrons. The van der Waals surface area contributed by atoms with Gasteiger partial charge in [0.05, 0.1) is 6.54 Å². The molecule has 6 heteroatoms. The average molecular weight is 327 g/mol. The third kappa shape index (κ3) is 6.16. The van der Waals surface area contributed by atoms with Crippen LogP contribution in [-0.4, -0.2) is 29.5 Å². The first-order valence-electron chi connectivity index (χ1n) is 8.17. The van der Waals surface area contributed by atoms with Crippen LogP contribution in [0, 0.1) is 0 Å². The molecule has 0 aliphatic rings. The van der Waals surface area contributed by atoms with Crippen LogP contribution >= 0.6 is 0 Å². The van der Waals surface area contributed by atoms with Crippen molar-refractivity contribution in [1.82, 2.24) is 15.2 Å². The van der Waals surface area contributed by atoms with E-state index in [1.807, 2.05) is 55.7 Å². The molecule has 0 aliphatic carbocycles. The Morgan fingerprint density at radius 1 is 1.17 bits per heavy atom.